The van der Waals surface area contributed by atoms with Crippen LogP contribution in [0.4, 0.5) is 22.7 Å². The van der Waals surface area contributed by atoms with Crippen molar-refractivity contribution in [1.29, 1.82) is 0 Å². The van der Waals surface area contributed by atoms with Gasteiger partial charge in [0.1, 0.15) is 13.1 Å². The summed E-state index contributed by atoms with van der Waals surface area (Å²) in [5, 5.41) is 0. The molecule has 15 heteroatoms. The van der Waals surface area contributed by atoms with Crippen LogP contribution in [0.25, 0.3) is 0 Å². The molecule has 0 aromatic heterocycles. The van der Waals surface area contributed by atoms with Crippen molar-refractivity contribution < 1.29 is 64.6 Å². The van der Waals surface area contributed by atoms with Gasteiger partial charge in [0.05, 0.1) is 31.1 Å². The molecular weight excluding hydrogens is 1190 g/mol. The molecule has 4 aromatic rings. The number of nitrogens with zero attached hydrogens (tertiary/aromatic N) is 4. The molecule has 4 heterocycles. The summed E-state index contributed by atoms with van der Waals surface area (Å²) in [5.41, 5.74) is 19.7. The summed E-state index contributed by atoms with van der Waals surface area (Å²) >= 11 is 10.2. The van der Waals surface area contributed by atoms with Crippen LogP contribution in [0.3, 0.4) is 0 Å². The number of allylic oxidation sites excluding steroid dienone is 14. The number of thiol groups is 2. The SMILES string of the molecule is CC1(C)C(/C=C/C2=C(S)C(=C/C=C3/N(CCCCS(=O)(=O)[O-])c4ccccc4C3(C)C)/CCC2)=[N+](CCCCS(=O)(=O)[O-])c2ccccc21.CCCN1/C(=C/C=C2\CCCC(/C=C/C3=[N+](CCC)c4ccccc4C3(C)C)=C2S)C(C)(C)c2ccccc21.[Na+]. The molecule has 0 N–H and O–H groups in total. The molecule has 4 aromatic carbocycles. The van der Waals surface area contributed by atoms with E-state index in [1.807, 2.05) is 24.3 Å². The zero-order chi connectivity index (χ0) is 63.4. The van der Waals surface area contributed by atoms with Gasteiger partial charge in [-0.1, -0.05) is 139 Å². The summed E-state index contributed by atoms with van der Waals surface area (Å²) in [5.74, 6) is -0.712. The molecule has 6 aliphatic rings. The van der Waals surface area contributed by atoms with E-state index in [9.17, 15) is 25.9 Å². The molecule has 0 fully saturated rings. The third kappa shape index (κ3) is 15.3. The van der Waals surface area contributed by atoms with Crippen molar-refractivity contribution in [2.24, 2.45) is 0 Å². The van der Waals surface area contributed by atoms with Crippen molar-refractivity contribution in [1.82, 2.24) is 0 Å². The van der Waals surface area contributed by atoms with Gasteiger partial charge in [0.15, 0.2) is 11.4 Å². The first kappa shape index (κ1) is 70.1. The maximum atomic E-state index is 11.2. The van der Waals surface area contributed by atoms with Crippen LogP contribution in [-0.2, 0) is 41.9 Å². The van der Waals surface area contributed by atoms with E-state index in [-0.39, 0.29) is 62.7 Å². The number of hydrogen-bond donors (Lipinski definition) is 2. The van der Waals surface area contributed by atoms with Crippen molar-refractivity contribution in [3.63, 3.8) is 0 Å². The van der Waals surface area contributed by atoms with Gasteiger partial charge in [0.25, 0.3) is 0 Å². The van der Waals surface area contributed by atoms with Crippen LogP contribution >= 0.6 is 25.3 Å². The average molecular weight is 1280 g/mol. The standard InChI is InChI=1S/C38H48N2O6S3.C36H44N2S.Na/c1-37(2)30-16-5-7-18-32(30)39(24-9-11-26-48(41,42)43)34(37)22-20-28-14-13-15-29(36(28)47)21-23-35-38(3,4)31-17-6-8-19-33(31)40(35)25-10-12-27-49(44,45)46;1-7-24-37-30-18-11-9-16-28(30)35(3,4)32(37)22-20-26-14-13-15-27(34(26)39)21-23-33-36(5,6)29-17-10-12-19-31(29)38(33)25-8-2;/h5-8,16-23H,9-15,24-27H2,1-4H3,(H2,41,42,43,44,45,46);9-12,16-23H,7-8,13-15,24-25H2,1-6H3;/q;;+1/b28-20+,34-22+;26-20+,32-22+;. The number of hydrogen-bond acceptors (Lipinski definition) is 10. The van der Waals surface area contributed by atoms with Gasteiger partial charge in [-0.3, -0.25) is 0 Å². The predicted octanol–water partition coefficient (Wildman–Crippen LogP) is 13.7. The Kier molecular flexibility index (Phi) is 22.9. The minimum atomic E-state index is -4.24. The van der Waals surface area contributed by atoms with Crippen LogP contribution in [-0.4, -0.2) is 84.2 Å². The molecule has 0 saturated carbocycles. The molecule has 0 bridgehead atoms. The minimum absolute atomic E-state index is 0. The Balaban J connectivity index is 0.000000233. The van der Waals surface area contributed by atoms with E-state index in [1.54, 1.807) is 0 Å². The molecule has 0 spiro atoms. The number of benzene rings is 4. The second-order valence-corrected chi connectivity index (χ2v) is 30.4. The van der Waals surface area contributed by atoms with Crippen molar-refractivity contribution in [3.8, 4) is 0 Å². The number of fused-ring (bicyclic) bond motifs is 4. The summed E-state index contributed by atoms with van der Waals surface area (Å²) in [6.07, 6.45) is 28.3. The largest absolute Gasteiger partial charge is 1.00 e. The molecule has 0 saturated heterocycles. The first-order valence-corrected chi connectivity index (χ1v) is 35.9. The number of para-hydroxylation sites is 4. The Morgan fingerprint density at radius 2 is 0.865 bits per heavy atom. The molecule has 10 nitrogen and oxygen atoms in total. The molecular formula is C74H92N4NaO6S4+. The van der Waals surface area contributed by atoms with Crippen molar-refractivity contribution in [3.05, 3.63) is 211 Å². The number of unbranched alkanes of at least 4 members (excludes halogenated alkanes) is 2. The monoisotopic (exact) mass is 1280 g/mol. The smallest absolute Gasteiger partial charge is 0.748 e. The zero-order valence-electron chi connectivity index (χ0n) is 54.5. The molecule has 2 aliphatic carbocycles. The fourth-order valence-corrected chi connectivity index (χ4v) is 16.1. The molecule has 4 aliphatic heterocycles. The summed E-state index contributed by atoms with van der Waals surface area (Å²) in [4.78, 5) is 6.89. The maximum absolute atomic E-state index is 11.2. The van der Waals surface area contributed by atoms with E-state index in [2.05, 4.69) is 210 Å². The van der Waals surface area contributed by atoms with E-state index < -0.39 is 20.2 Å². The number of rotatable bonds is 20. The van der Waals surface area contributed by atoms with Gasteiger partial charge >= 0.3 is 29.6 Å². The third-order valence-electron chi connectivity index (χ3n) is 18.9. The van der Waals surface area contributed by atoms with E-state index in [1.165, 1.54) is 62.6 Å². The Labute approximate surface area is 566 Å². The third-order valence-corrected chi connectivity index (χ3v) is 21.6. The predicted molar refractivity (Wildman–Crippen MR) is 371 cm³/mol. The maximum Gasteiger partial charge on any atom is 1.00 e. The first-order chi connectivity index (χ1) is 41.7. The van der Waals surface area contributed by atoms with Gasteiger partial charge in [-0.05, 0) is 150 Å². The molecule has 0 amide bonds. The molecule has 10 rings (SSSR count). The molecule has 0 atom stereocenters. The fourth-order valence-electron chi connectivity index (χ4n) is 14.3. The second-order valence-electron chi connectivity index (χ2n) is 26.5. The Morgan fingerprint density at radius 1 is 0.472 bits per heavy atom. The van der Waals surface area contributed by atoms with Crippen LogP contribution in [0.5, 0.6) is 0 Å². The first-order valence-electron chi connectivity index (χ1n) is 31.9. The normalized spacial score (nSPS) is 21.0. The second kappa shape index (κ2) is 29.1. The molecule has 0 unspecified atom stereocenters. The van der Waals surface area contributed by atoms with Gasteiger partial charge in [0, 0.05) is 116 Å². The van der Waals surface area contributed by atoms with Gasteiger partial charge < -0.3 is 18.9 Å². The van der Waals surface area contributed by atoms with E-state index in [0.717, 1.165) is 102 Å². The van der Waals surface area contributed by atoms with Crippen LogP contribution in [0.2, 0.25) is 0 Å². The minimum Gasteiger partial charge on any atom is -0.748 e. The van der Waals surface area contributed by atoms with Crippen LogP contribution < -0.4 is 39.4 Å². The summed E-state index contributed by atoms with van der Waals surface area (Å²) in [6, 6.07) is 34.4. The Hall–Kier alpha value is -4.74. The van der Waals surface area contributed by atoms with Crippen molar-refractivity contribution >= 4 is 79.7 Å². The van der Waals surface area contributed by atoms with E-state index in [0.29, 0.717) is 38.8 Å². The summed E-state index contributed by atoms with van der Waals surface area (Å²) < 4.78 is 72.0. The zero-order valence-corrected chi connectivity index (χ0v) is 60.0. The van der Waals surface area contributed by atoms with E-state index >= 15 is 0 Å². The number of anilines is 2. The van der Waals surface area contributed by atoms with Gasteiger partial charge in [0.2, 0.25) is 11.4 Å². The van der Waals surface area contributed by atoms with Crippen LogP contribution in [0.15, 0.2) is 189 Å². The summed E-state index contributed by atoms with van der Waals surface area (Å²) in [7, 11) is -8.49. The topological polar surface area (TPSA) is 127 Å². The average Bonchev–Trinajstić information content (AvgIpc) is 1.78. The fraction of sp³-hybridized carbons (Fsp3) is 0.432. The van der Waals surface area contributed by atoms with Crippen LogP contribution in [0, 0.1) is 0 Å². The van der Waals surface area contributed by atoms with Gasteiger partial charge in [-0.15, -0.1) is 25.3 Å². The Bertz CT molecular complexity index is 3890. The summed E-state index contributed by atoms with van der Waals surface area (Å²) in [6.45, 7) is 26.1. The molecule has 468 valence electrons. The Morgan fingerprint density at radius 3 is 1.29 bits per heavy atom. The quantitative estimate of drug-likeness (QED) is 0.0295. The van der Waals surface area contributed by atoms with Gasteiger partial charge in [-0.25, -0.2) is 16.8 Å². The van der Waals surface area contributed by atoms with Crippen molar-refractivity contribution in [2.45, 2.75) is 168 Å². The van der Waals surface area contributed by atoms with Gasteiger partial charge in [-0.2, -0.15) is 9.15 Å². The van der Waals surface area contributed by atoms with Crippen molar-refractivity contribution in [2.75, 3.05) is 47.5 Å². The molecule has 89 heavy (non-hydrogen) atoms. The van der Waals surface area contributed by atoms with E-state index in [4.69, 9.17) is 25.3 Å². The van der Waals surface area contributed by atoms with Crippen LogP contribution in [0.1, 0.15) is 169 Å². The molecule has 0 radical (unpaired) electrons.